The Kier molecular flexibility index (Phi) is 3.16. The molecule has 0 aromatic heterocycles. The number of hydrogen-bond acceptors (Lipinski definition) is 4. The largest absolute Gasteiger partial charge is 0.740 e. The van der Waals surface area contributed by atoms with E-state index in [-0.39, 0.29) is 5.75 Å². The van der Waals surface area contributed by atoms with Crippen LogP contribution in [0.2, 0.25) is 0 Å². The molecule has 1 atom stereocenters. The van der Waals surface area contributed by atoms with E-state index in [0.29, 0.717) is 17.4 Å². The second-order valence-corrected chi connectivity index (χ2v) is 3.01. The molecule has 0 saturated heterocycles. The molecule has 1 aromatic rings. The van der Waals surface area contributed by atoms with Crippen LogP contribution in [0.15, 0.2) is 18.2 Å². The molecule has 1 rings (SSSR count). The van der Waals surface area contributed by atoms with E-state index in [4.69, 9.17) is 0 Å². The topological polar surface area (TPSA) is 66.4 Å². The molecule has 0 spiro atoms. The lowest BCUT2D eigenvalue weighted by Gasteiger charge is -2.09. The van der Waals surface area contributed by atoms with Crippen LogP contribution < -0.4 is 4.18 Å². The summed E-state index contributed by atoms with van der Waals surface area (Å²) in [6, 6.07) is 4.58. The summed E-state index contributed by atoms with van der Waals surface area (Å²) in [6.45, 7) is 1.69. The van der Waals surface area contributed by atoms with Crippen molar-refractivity contribution in [3.05, 3.63) is 29.3 Å². The van der Waals surface area contributed by atoms with Crippen molar-refractivity contribution >= 4 is 17.6 Å². The molecule has 0 heterocycles. The van der Waals surface area contributed by atoms with Crippen LogP contribution in [-0.2, 0) is 11.4 Å². The summed E-state index contributed by atoms with van der Waals surface area (Å²) in [7, 11) is 0. The van der Waals surface area contributed by atoms with Crippen LogP contribution in [0, 0.1) is 6.92 Å². The number of benzene rings is 1. The Morgan fingerprint density at radius 2 is 2.23 bits per heavy atom. The Morgan fingerprint density at radius 3 is 2.77 bits per heavy atom. The van der Waals surface area contributed by atoms with Crippen molar-refractivity contribution < 1.29 is 17.7 Å². The smallest absolute Gasteiger partial charge is 0.150 e. The van der Waals surface area contributed by atoms with Gasteiger partial charge in [-0.25, -0.2) is 4.21 Å². The number of hydrogen-bond donors (Lipinski definition) is 0. The minimum absolute atomic E-state index is 0.179. The quantitative estimate of drug-likeness (QED) is 0.537. The maximum absolute atomic E-state index is 10.3. The predicted octanol–water partition coefficient (Wildman–Crippen LogP) is 0.980. The Morgan fingerprint density at radius 1 is 1.54 bits per heavy atom. The normalized spacial score (nSPS) is 12.2. The first-order valence-electron chi connectivity index (χ1n) is 3.47. The lowest BCUT2D eigenvalue weighted by Crippen LogP contribution is -2.00. The zero-order valence-corrected chi connectivity index (χ0v) is 7.67. The van der Waals surface area contributed by atoms with Crippen molar-refractivity contribution in [1.29, 1.82) is 0 Å². The first kappa shape index (κ1) is 9.88. The zero-order valence-electron chi connectivity index (χ0n) is 6.85. The molecule has 0 fully saturated rings. The molecule has 70 valence electrons. The van der Waals surface area contributed by atoms with E-state index in [1.807, 2.05) is 0 Å². The average molecular weight is 199 g/mol. The van der Waals surface area contributed by atoms with Crippen molar-refractivity contribution in [3.63, 3.8) is 0 Å². The molecular formula is C8H7O4S-. The van der Waals surface area contributed by atoms with Crippen LogP contribution in [0.5, 0.6) is 5.75 Å². The fourth-order valence-corrected chi connectivity index (χ4v) is 1.18. The van der Waals surface area contributed by atoms with Gasteiger partial charge in [-0.3, -0.25) is 4.79 Å². The molecule has 1 aromatic carbocycles. The van der Waals surface area contributed by atoms with Crippen LogP contribution in [0.4, 0.5) is 0 Å². The molecule has 0 saturated carbocycles. The molecule has 0 N–H and O–H groups in total. The van der Waals surface area contributed by atoms with Crippen molar-refractivity contribution in [2.24, 2.45) is 0 Å². The average Bonchev–Trinajstić information content (AvgIpc) is 2.08. The van der Waals surface area contributed by atoms with Crippen molar-refractivity contribution in [3.8, 4) is 5.75 Å². The number of carbonyl (C=O) groups is 1. The van der Waals surface area contributed by atoms with Gasteiger partial charge in [-0.2, -0.15) is 0 Å². The molecule has 0 bridgehead atoms. The Labute approximate surface area is 78.0 Å². The van der Waals surface area contributed by atoms with Gasteiger partial charge in [-0.15, -0.1) is 0 Å². The fourth-order valence-electron chi connectivity index (χ4n) is 0.853. The number of carbonyl (C=O) groups excluding carboxylic acids is 1. The highest BCUT2D eigenvalue weighted by Gasteiger charge is 2.01. The third-order valence-electron chi connectivity index (χ3n) is 1.51. The van der Waals surface area contributed by atoms with Gasteiger partial charge in [0.15, 0.2) is 0 Å². The SMILES string of the molecule is Cc1ccc(C=O)cc1OS(=O)[O-]. The fraction of sp³-hybridized carbons (Fsp3) is 0.125. The van der Waals surface area contributed by atoms with Gasteiger partial charge in [-0.1, -0.05) is 12.1 Å². The van der Waals surface area contributed by atoms with E-state index in [1.54, 1.807) is 19.1 Å². The molecule has 5 heteroatoms. The van der Waals surface area contributed by atoms with Gasteiger partial charge in [0, 0.05) is 5.56 Å². The molecule has 0 aliphatic rings. The van der Waals surface area contributed by atoms with Crippen molar-refractivity contribution in [2.45, 2.75) is 6.92 Å². The number of rotatable bonds is 3. The van der Waals surface area contributed by atoms with Crippen LogP contribution >= 0.6 is 0 Å². The summed E-state index contributed by atoms with van der Waals surface area (Å²) in [5.41, 5.74) is 1.04. The van der Waals surface area contributed by atoms with E-state index >= 15 is 0 Å². The highest BCUT2D eigenvalue weighted by Crippen LogP contribution is 2.19. The van der Waals surface area contributed by atoms with Gasteiger partial charge in [0.1, 0.15) is 23.4 Å². The molecule has 0 aliphatic carbocycles. The second kappa shape index (κ2) is 4.15. The first-order valence-corrected chi connectivity index (χ1v) is 4.47. The highest BCUT2D eigenvalue weighted by atomic mass is 32.2. The number of aldehydes is 1. The van der Waals surface area contributed by atoms with Crippen molar-refractivity contribution in [1.82, 2.24) is 0 Å². The molecule has 4 nitrogen and oxygen atoms in total. The predicted molar refractivity (Wildman–Crippen MR) is 46.1 cm³/mol. The van der Waals surface area contributed by atoms with Gasteiger partial charge in [-0.05, 0) is 18.6 Å². The van der Waals surface area contributed by atoms with Gasteiger partial charge in [0.25, 0.3) is 0 Å². The standard InChI is InChI=1S/C8H8O4S/c1-6-2-3-7(5-9)4-8(6)12-13(10)11/h2-5H,1H3,(H,10,11)/p-1. The Hall–Kier alpha value is -1.20. The van der Waals surface area contributed by atoms with Crippen LogP contribution in [0.25, 0.3) is 0 Å². The first-order chi connectivity index (χ1) is 6.13. The maximum atomic E-state index is 10.3. The summed E-state index contributed by atoms with van der Waals surface area (Å²) < 4.78 is 24.9. The summed E-state index contributed by atoms with van der Waals surface area (Å²) in [5.74, 6) is 0.179. The summed E-state index contributed by atoms with van der Waals surface area (Å²) in [5, 5.41) is 0. The molecular weight excluding hydrogens is 192 g/mol. The summed E-state index contributed by atoms with van der Waals surface area (Å²) in [4.78, 5) is 10.3. The minimum Gasteiger partial charge on any atom is -0.740 e. The van der Waals surface area contributed by atoms with E-state index in [2.05, 4.69) is 4.18 Å². The lowest BCUT2D eigenvalue weighted by molar-refractivity contribution is 0.112. The lowest BCUT2D eigenvalue weighted by atomic mass is 10.1. The van der Waals surface area contributed by atoms with Gasteiger partial charge >= 0.3 is 0 Å². The monoisotopic (exact) mass is 199 g/mol. The van der Waals surface area contributed by atoms with E-state index < -0.39 is 11.4 Å². The Bertz CT molecular complexity index is 348. The number of aryl methyl sites for hydroxylation is 1. The van der Waals surface area contributed by atoms with E-state index in [0.717, 1.165) is 0 Å². The summed E-state index contributed by atoms with van der Waals surface area (Å²) >= 11 is -2.60. The Balaban J connectivity index is 3.03. The molecule has 0 radical (unpaired) electrons. The molecule has 0 amide bonds. The molecule has 13 heavy (non-hydrogen) atoms. The minimum atomic E-state index is -2.60. The van der Waals surface area contributed by atoms with Crippen LogP contribution in [-0.4, -0.2) is 15.0 Å². The summed E-state index contributed by atoms with van der Waals surface area (Å²) in [6.07, 6.45) is 0.625. The van der Waals surface area contributed by atoms with Crippen molar-refractivity contribution in [2.75, 3.05) is 0 Å². The maximum Gasteiger partial charge on any atom is 0.150 e. The third-order valence-corrected chi connectivity index (χ3v) is 1.82. The second-order valence-electron chi connectivity index (χ2n) is 2.43. The van der Waals surface area contributed by atoms with Gasteiger partial charge < -0.3 is 8.74 Å². The van der Waals surface area contributed by atoms with Crippen LogP contribution in [0.1, 0.15) is 15.9 Å². The van der Waals surface area contributed by atoms with Gasteiger partial charge in [0.2, 0.25) is 0 Å². The van der Waals surface area contributed by atoms with Gasteiger partial charge in [0.05, 0.1) is 0 Å². The third kappa shape index (κ3) is 2.64. The van der Waals surface area contributed by atoms with E-state index in [9.17, 15) is 13.6 Å². The molecule has 0 aliphatic heterocycles. The zero-order chi connectivity index (χ0) is 9.84. The molecule has 1 unspecified atom stereocenters. The van der Waals surface area contributed by atoms with Crippen LogP contribution in [0.3, 0.4) is 0 Å². The highest BCUT2D eigenvalue weighted by molar-refractivity contribution is 7.74. The van der Waals surface area contributed by atoms with E-state index in [1.165, 1.54) is 6.07 Å².